The summed E-state index contributed by atoms with van der Waals surface area (Å²) in [5.74, 6) is 0.293. The van der Waals surface area contributed by atoms with Gasteiger partial charge in [-0.15, -0.1) is 5.10 Å². The number of ether oxygens (including phenoxy) is 1. The van der Waals surface area contributed by atoms with Crippen LogP contribution in [0.4, 0.5) is 0 Å². The minimum atomic E-state index is -0.292. The molecule has 136 valence electrons. The van der Waals surface area contributed by atoms with E-state index in [0.717, 1.165) is 5.56 Å². The molecule has 0 atom stereocenters. The number of benzene rings is 2. The molecule has 7 nitrogen and oxygen atoms in total. The van der Waals surface area contributed by atoms with Gasteiger partial charge in [-0.25, -0.2) is 9.36 Å². The van der Waals surface area contributed by atoms with E-state index >= 15 is 0 Å². The predicted octanol–water partition coefficient (Wildman–Crippen LogP) is 2.31. The second-order valence-corrected chi connectivity index (χ2v) is 5.98. The number of aromatic nitrogens is 3. The van der Waals surface area contributed by atoms with Crippen LogP contribution in [0.5, 0.6) is 0 Å². The maximum absolute atomic E-state index is 12.8. The van der Waals surface area contributed by atoms with Crippen molar-refractivity contribution in [1.82, 2.24) is 14.3 Å². The highest BCUT2D eigenvalue weighted by Gasteiger charge is 2.13. The van der Waals surface area contributed by atoms with Crippen LogP contribution in [0, 0.1) is 18.3 Å². The maximum atomic E-state index is 12.8. The van der Waals surface area contributed by atoms with Crippen molar-refractivity contribution in [2.45, 2.75) is 19.8 Å². The molecule has 0 fully saturated rings. The van der Waals surface area contributed by atoms with Gasteiger partial charge in [0.05, 0.1) is 30.1 Å². The van der Waals surface area contributed by atoms with Crippen LogP contribution >= 0.6 is 0 Å². The zero-order valence-corrected chi connectivity index (χ0v) is 15.0. The number of rotatable bonds is 5. The SMILES string of the molecule is COC(=O)CCc1ccc(-n2c(C)nn(-c3ccc(C#N)cc3)c2=O)cc1. The van der Waals surface area contributed by atoms with Gasteiger partial charge in [0.15, 0.2) is 0 Å². The zero-order chi connectivity index (χ0) is 19.4. The highest BCUT2D eigenvalue weighted by molar-refractivity contribution is 5.69. The molecule has 7 heteroatoms. The van der Waals surface area contributed by atoms with Crippen molar-refractivity contribution < 1.29 is 9.53 Å². The van der Waals surface area contributed by atoms with Crippen molar-refractivity contribution in [1.29, 1.82) is 5.26 Å². The summed E-state index contributed by atoms with van der Waals surface area (Å²) < 4.78 is 7.47. The van der Waals surface area contributed by atoms with Gasteiger partial charge in [0.1, 0.15) is 5.82 Å². The van der Waals surface area contributed by atoms with Crippen molar-refractivity contribution in [2.75, 3.05) is 7.11 Å². The van der Waals surface area contributed by atoms with E-state index in [4.69, 9.17) is 5.26 Å². The summed E-state index contributed by atoms with van der Waals surface area (Å²) in [6.45, 7) is 1.76. The molecule has 0 amide bonds. The quantitative estimate of drug-likeness (QED) is 0.650. The fraction of sp³-hybridized carbons (Fsp3) is 0.200. The van der Waals surface area contributed by atoms with E-state index in [-0.39, 0.29) is 11.7 Å². The van der Waals surface area contributed by atoms with Crippen molar-refractivity contribution in [3.05, 3.63) is 76.0 Å². The molecule has 0 spiro atoms. The fourth-order valence-corrected chi connectivity index (χ4v) is 2.77. The lowest BCUT2D eigenvalue weighted by Gasteiger charge is -2.05. The third-order valence-electron chi connectivity index (χ3n) is 4.22. The number of carbonyl (C=O) groups excluding carboxylic acids is 1. The van der Waals surface area contributed by atoms with Gasteiger partial charge in [0, 0.05) is 6.42 Å². The predicted molar refractivity (Wildman–Crippen MR) is 99.0 cm³/mol. The molecule has 0 aliphatic carbocycles. The number of nitrogens with zero attached hydrogens (tertiary/aromatic N) is 4. The fourth-order valence-electron chi connectivity index (χ4n) is 2.77. The molecule has 3 aromatic rings. The first-order chi connectivity index (χ1) is 13.0. The summed E-state index contributed by atoms with van der Waals surface area (Å²) in [4.78, 5) is 24.1. The molecule has 0 N–H and O–H groups in total. The molecule has 0 bridgehead atoms. The first-order valence-corrected chi connectivity index (χ1v) is 8.39. The van der Waals surface area contributed by atoms with Crippen LogP contribution in [-0.4, -0.2) is 27.4 Å². The Labute approximate surface area is 156 Å². The first-order valence-electron chi connectivity index (χ1n) is 8.39. The third-order valence-corrected chi connectivity index (χ3v) is 4.22. The molecule has 0 radical (unpaired) electrons. The first kappa shape index (κ1) is 18.1. The summed E-state index contributed by atoms with van der Waals surface area (Å²) in [5.41, 5.74) is 2.49. The van der Waals surface area contributed by atoms with Crippen LogP contribution in [0.15, 0.2) is 53.3 Å². The Hall–Kier alpha value is -3.66. The second-order valence-electron chi connectivity index (χ2n) is 5.98. The van der Waals surface area contributed by atoms with Gasteiger partial charge in [0.2, 0.25) is 0 Å². The van der Waals surface area contributed by atoms with Gasteiger partial charge in [0.25, 0.3) is 0 Å². The minimum Gasteiger partial charge on any atom is -0.469 e. The summed E-state index contributed by atoms with van der Waals surface area (Å²) in [6, 6.07) is 16.1. The summed E-state index contributed by atoms with van der Waals surface area (Å²) >= 11 is 0. The van der Waals surface area contributed by atoms with E-state index < -0.39 is 0 Å². The largest absolute Gasteiger partial charge is 0.469 e. The Bertz CT molecular complexity index is 1050. The smallest absolute Gasteiger partial charge is 0.355 e. The van der Waals surface area contributed by atoms with Gasteiger partial charge < -0.3 is 4.74 Å². The number of nitriles is 1. The van der Waals surface area contributed by atoms with E-state index in [1.807, 2.05) is 30.3 Å². The number of hydrogen-bond acceptors (Lipinski definition) is 5. The third kappa shape index (κ3) is 3.80. The zero-order valence-electron chi connectivity index (χ0n) is 15.0. The highest BCUT2D eigenvalue weighted by atomic mass is 16.5. The maximum Gasteiger partial charge on any atom is 0.355 e. The van der Waals surface area contributed by atoms with Gasteiger partial charge in [-0.05, 0) is 55.3 Å². The van der Waals surface area contributed by atoms with Crippen LogP contribution in [0.25, 0.3) is 11.4 Å². The monoisotopic (exact) mass is 362 g/mol. The number of aryl methyl sites for hydroxylation is 2. The number of carbonyl (C=O) groups is 1. The van der Waals surface area contributed by atoms with E-state index in [1.165, 1.54) is 16.4 Å². The van der Waals surface area contributed by atoms with Crippen molar-refractivity contribution >= 4 is 5.97 Å². The topological polar surface area (TPSA) is 89.9 Å². The summed E-state index contributed by atoms with van der Waals surface area (Å²) in [5, 5.41) is 13.2. The normalized spacial score (nSPS) is 10.4. The molecule has 0 aliphatic rings. The minimum absolute atomic E-state index is 0.255. The molecule has 2 aromatic carbocycles. The van der Waals surface area contributed by atoms with Crippen LogP contribution in [0.3, 0.4) is 0 Å². The summed E-state index contributed by atoms with van der Waals surface area (Å²) in [7, 11) is 1.37. The van der Waals surface area contributed by atoms with Crippen LogP contribution in [0.2, 0.25) is 0 Å². The highest BCUT2D eigenvalue weighted by Crippen LogP contribution is 2.13. The lowest BCUT2D eigenvalue weighted by atomic mass is 10.1. The average molecular weight is 362 g/mol. The van der Waals surface area contributed by atoms with Gasteiger partial charge in [-0.3, -0.25) is 4.79 Å². The van der Waals surface area contributed by atoms with Crippen LogP contribution in [0.1, 0.15) is 23.4 Å². The van der Waals surface area contributed by atoms with Gasteiger partial charge in [-0.1, -0.05) is 12.1 Å². The Balaban J connectivity index is 1.89. The number of methoxy groups -OCH3 is 1. The molecule has 27 heavy (non-hydrogen) atoms. The molecule has 0 saturated carbocycles. The van der Waals surface area contributed by atoms with E-state index in [0.29, 0.717) is 35.6 Å². The molecular formula is C20H18N4O3. The Morgan fingerprint density at radius 2 is 1.74 bits per heavy atom. The van der Waals surface area contributed by atoms with E-state index in [1.54, 1.807) is 31.2 Å². The lowest BCUT2D eigenvalue weighted by molar-refractivity contribution is -0.140. The molecule has 1 aromatic heterocycles. The Morgan fingerprint density at radius 3 is 2.33 bits per heavy atom. The molecule has 0 unspecified atom stereocenters. The Kier molecular flexibility index (Phi) is 5.18. The average Bonchev–Trinajstić information content (AvgIpc) is 3.00. The lowest BCUT2D eigenvalue weighted by Crippen LogP contribution is -2.23. The summed E-state index contributed by atoms with van der Waals surface area (Å²) in [6.07, 6.45) is 0.886. The van der Waals surface area contributed by atoms with Gasteiger partial charge >= 0.3 is 11.7 Å². The Morgan fingerprint density at radius 1 is 1.11 bits per heavy atom. The van der Waals surface area contributed by atoms with E-state index in [9.17, 15) is 9.59 Å². The molecular weight excluding hydrogens is 344 g/mol. The molecule has 0 aliphatic heterocycles. The van der Waals surface area contributed by atoms with E-state index in [2.05, 4.69) is 9.84 Å². The second kappa shape index (κ2) is 7.70. The number of hydrogen-bond donors (Lipinski definition) is 0. The van der Waals surface area contributed by atoms with Crippen molar-refractivity contribution in [3.63, 3.8) is 0 Å². The van der Waals surface area contributed by atoms with Crippen molar-refractivity contribution in [2.24, 2.45) is 0 Å². The van der Waals surface area contributed by atoms with Crippen molar-refractivity contribution in [3.8, 4) is 17.4 Å². The van der Waals surface area contributed by atoms with Crippen LogP contribution < -0.4 is 5.69 Å². The van der Waals surface area contributed by atoms with Gasteiger partial charge in [-0.2, -0.15) is 9.94 Å². The number of esters is 1. The molecule has 1 heterocycles. The molecule has 0 saturated heterocycles. The van der Waals surface area contributed by atoms with Crippen LogP contribution in [-0.2, 0) is 16.0 Å². The standard InChI is InChI=1S/C20H18N4O3/c1-14-22-24(18-10-5-16(13-21)6-11-18)20(26)23(14)17-8-3-15(4-9-17)7-12-19(25)27-2/h3-6,8-11H,7,12H2,1-2H3. The molecule has 3 rings (SSSR count).